The second-order valence-corrected chi connectivity index (χ2v) is 6.29. The van der Waals surface area contributed by atoms with Crippen LogP contribution in [0.15, 0.2) is 24.3 Å². The molecule has 0 unspecified atom stereocenters. The fourth-order valence-corrected chi connectivity index (χ4v) is 2.56. The molecule has 0 bridgehead atoms. The maximum absolute atomic E-state index is 13.5. The molecule has 1 amide bonds. The first-order valence-electron chi connectivity index (χ1n) is 7.49. The van der Waals surface area contributed by atoms with E-state index in [1.807, 2.05) is 6.92 Å². The Kier molecular flexibility index (Phi) is 4.89. The van der Waals surface area contributed by atoms with Gasteiger partial charge in [0.25, 0.3) is 0 Å². The van der Waals surface area contributed by atoms with E-state index in [4.69, 9.17) is 4.74 Å². The van der Waals surface area contributed by atoms with Crippen LogP contribution in [-0.4, -0.2) is 36.3 Å². The van der Waals surface area contributed by atoms with Crippen molar-refractivity contribution in [2.24, 2.45) is 5.41 Å². The van der Waals surface area contributed by atoms with Crippen LogP contribution in [0.5, 0.6) is 5.75 Å². The van der Waals surface area contributed by atoms with E-state index in [0.29, 0.717) is 17.9 Å². The number of ether oxygens (including phenoxy) is 1. The molecule has 0 saturated carbocycles. The van der Waals surface area contributed by atoms with Crippen LogP contribution in [0.4, 0.5) is 13.2 Å². The van der Waals surface area contributed by atoms with Crippen molar-refractivity contribution in [1.82, 2.24) is 10.4 Å². The molecule has 1 fully saturated rings. The third-order valence-corrected chi connectivity index (χ3v) is 3.82. The molecule has 7 heteroatoms. The van der Waals surface area contributed by atoms with Gasteiger partial charge in [-0.3, -0.25) is 10.2 Å². The summed E-state index contributed by atoms with van der Waals surface area (Å²) in [5.41, 5.74) is 2.03. The predicted octanol–water partition coefficient (Wildman–Crippen LogP) is 2.93. The molecule has 1 saturated heterocycles. The molecule has 1 N–H and O–H groups in total. The molecule has 1 aromatic rings. The zero-order valence-corrected chi connectivity index (χ0v) is 13.4. The number of carbonyl (C=O) groups is 1. The summed E-state index contributed by atoms with van der Waals surface area (Å²) in [5, 5.41) is 0.996. The number of nitrogens with one attached hydrogen (secondary N) is 1. The number of amides is 1. The van der Waals surface area contributed by atoms with Crippen molar-refractivity contribution in [3.8, 4) is 5.75 Å². The third kappa shape index (κ3) is 4.16. The van der Waals surface area contributed by atoms with Gasteiger partial charge in [0.2, 0.25) is 5.91 Å². The number of hydrogen-bond acceptors (Lipinski definition) is 3. The molecule has 2 rings (SSSR count). The maximum Gasteiger partial charge on any atom is 0.406 e. The second kappa shape index (κ2) is 6.39. The number of hydrazine groups is 1. The third-order valence-electron chi connectivity index (χ3n) is 3.82. The molecule has 128 valence electrons. The second-order valence-electron chi connectivity index (χ2n) is 6.29. The molecule has 0 aliphatic carbocycles. The van der Waals surface area contributed by atoms with Gasteiger partial charge in [-0.1, -0.05) is 12.1 Å². The lowest BCUT2D eigenvalue weighted by atomic mass is 9.94. The van der Waals surface area contributed by atoms with Gasteiger partial charge in [-0.25, -0.2) is 5.01 Å². The Hall–Kier alpha value is -1.76. The molecule has 0 radical (unpaired) electrons. The van der Waals surface area contributed by atoms with E-state index in [1.54, 1.807) is 38.1 Å². The van der Waals surface area contributed by atoms with E-state index in [0.717, 1.165) is 5.01 Å². The van der Waals surface area contributed by atoms with Gasteiger partial charge in [0.1, 0.15) is 11.8 Å². The first-order chi connectivity index (χ1) is 10.6. The van der Waals surface area contributed by atoms with Gasteiger partial charge in [0, 0.05) is 6.54 Å². The van der Waals surface area contributed by atoms with E-state index < -0.39 is 23.5 Å². The van der Waals surface area contributed by atoms with Crippen LogP contribution in [0, 0.1) is 5.41 Å². The summed E-state index contributed by atoms with van der Waals surface area (Å²) in [6, 6.07) is 4.83. The van der Waals surface area contributed by atoms with E-state index in [2.05, 4.69) is 5.43 Å². The van der Waals surface area contributed by atoms with Crippen LogP contribution < -0.4 is 10.2 Å². The van der Waals surface area contributed by atoms with Crippen LogP contribution in [-0.2, 0) is 11.2 Å². The first-order valence-corrected chi connectivity index (χ1v) is 7.49. The molecular formula is C16H21F3N2O2. The Labute approximate surface area is 133 Å². The summed E-state index contributed by atoms with van der Waals surface area (Å²) < 4.78 is 45.7. The van der Waals surface area contributed by atoms with Crippen LogP contribution in [0.1, 0.15) is 26.3 Å². The largest absolute Gasteiger partial charge is 0.494 e. The standard InChI is InChI=1S/C16H21F3N2O2/c1-4-23-12-7-5-6-11(8-12)9-13(16(17,18)19)21-10-15(2,3)14(22)20-21/h5-8,13H,4,9-10H2,1-3H3,(H,20,22)/t13-/m0/s1. The first kappa shape index (κ1) is 17.6. The number of alkyl halides is 3. The molecule has 4 nitrogen and oxygen atoms in total. The Morgan fingerprint density at radius 2 is 2.09 bits per heavy atom. The van der Waals surface area contributed by atoms with Crippen LogP contribution in [0.3, 0.4) is 0 Å². The van der Waals surface area contributed by atoms with Crippen molar-refractivity contribution in [3.63, 3.8) is 0 Å². The number of rotatable bonds is 5. The van der Waals surface area contributed by atoms with Crippen LogP contribution in [0.25, 0.3) is 0 Å². The minimum atomic E-state index is -4.45. The van der Waals surface area contributed by atoms with Crippen LogP contribution in [0.2, 0.25) is 0 Å². The molecule has 1 atom stereocenters. The SMILES string of the molecule is CCOc1cccc(C[C@H](N2CC(C)(C)C(=O)N2)C(F)(F)F)c1. The van der Waals surface area contributed by atoms with Gasteiger partial charge in [-0.05, 0) is 44.9 Å². The molecule has 1 aromatic carbocycles. The van der Waals surface area contributed by atoms with Crippen molar-refractivity contribution in [1.29, 1.82) is 0 Å². The molecule has 1 aliphatic rings. The Morgan fingerprint density at radius 3 is 2.61 bits per heavy atom. The zero-order valence-electron chi connectivity index (χ0n) is 13.4. The molecule has 0 aromatic heterocycles. The fraction of sp³-hybridized carbons (Fsp3) is 0.562. The van der Waals surface area contributed by atoms with Crippen molar-refractivity contribution in [3.05, 3.63) is 29.8 Å². The highest BCUT2D eigenvalue weighted by Gasteiger charge is 2.50. The van der Waals surface area contributed by atoms with Gasteiger partial charge >= 0.3 is 6.18 Å². The van der Waals surface area contributed by atoms with Gasteiger partial charge < -0.3 is 4.74 Å². The quantitative estimate of drug-likeness (QED) is 0.902. The monoisotopic (exact) mass is 330 g/mol. The fourth-order valence-electron chi connectivity index (χ4n) is 2.56. The van der Waals surface area contributed by atoms with Crippen molar-refractivity contribution >= 4 is 5.91 Å². The smallest absolute Gasteiger partial charge is 0.406 e. The summed E-state index contributed by atoms with van der Waals surface area (Å²) in [7, 11) is 0. The maximum atomic E-state index is 13.5. The van der Waals surface area contributed by atoms with E-state index >= 15 is 0 Å². The zero-order chi connectivity index (χ0) is 17.3. The lowest BCUT2D eigenvalue weighted by Crippen LogP contribution is -2.51. The normalized spacial score (nSPS) is 19.5. The van der Waals surface area contributed by atoms with E-state index in [1.165, 1.54) is 0 Å². The molecule has 23 heavy (non-hydrogen) atoms. The molecule has 1 heterocycles. The highest BCUT2D eigenvalue weighted by molar-refractivity contribution is 5.83. The lowest BCUT2D eigenvalue weighted by molar-refractivity contribution is -0.188. The summed E-state index contributed by atoms with van der Waals surface area (Å²) in [4.78, 5) is 11.8. The van der Waals surface area contributed by atoms with Crippen molar-refractivity contribution < 1.29 is 22.7 Å². The topological polar surface area (TPSA) is 41.6 Å². The Bertz CT molecular complexity index is 573. The summed E-state index contributed by atoms with van der Waals surface area (Å²) in [5.74, 6) is 0.145. The Balaban J connectivity index is 2.21. The summed E-state index contributed by atoms with van der Waals surface area (Å²) in [6.07, 6.45) is -4.70. The van der Waals surface area contributed by atoms with E-state index in [-0.39, 0.29) is 13.0 Å². The highest BCUT2D eigenvalue weighted by atomic mass is 19.4. The van der Waals surface area contributed by atoms with E-state index in [9.17, 15) is 18.0 Å². The number of halogens is 3. The van der Waals surface area contributed by atoms with Crippen molar-refractivity contribution in [2.45, 2.75) is 39.4 Å². The van der Waals surface area contributed by atoms with Crippen LogP contribution >= 0.6 is 0 Å². The van der Waals surface area contributed by atoms with Gasteiger partial charge in [-0.2, -0.15) is 13.2 Å². The number of hydrogen-bond donors (Lipinski definition) is 1. The number of benzene rings is 1. The minimum Gasteiger partial charge on any atom is -0.494 e. The summed E-state index contributed by atoms with van der Waals surface area (Å²) in [6.45, 7) is 5.54. The number of nitrogens with zero attached hydrogens (tertiary/aromatic N) is 1. The average Bonchev–Trinajstić information content (AvgIpc) is 2.69. The highest BCUT2D eigenvalue weighted by Crippen LogP contribution is 2.33. The molecule has 0 spiro atoms. The van der Waals surface area contributed by atoms with Gasteiger partial charge in [0.15, 0.2) is 0 Å². The average molecular weight is 330 g/mol. The van der Waals surface area contributed by atoms with Gasteiger partial charge in [-0.15, -0.1) is 0 Å². The summed E-state index contributed by atoms with van der Waals surface area (Å²) >= 11 is 0. The minimum absolute atomic E-state index is 0.0150. The predicted molar refractivity (Wildman–Crippen MR) is 79.8 cm³/mol. The molecule has 1 aliphatic heterocycles. The lowest BCUT2D eigenvalue weighted by Gasteiger charge is -2.29. The molecular weight excluding hydrogens is 309 g/mol. The Morgan fingerprint density at radius 1 is 1.39 bits per heavy atom. The van der Waals surface area contributed by atoms with Gasteiger partial charge in [0.05, 0.1) is 12.0 Å². The number of carbonyl (C=O) groups excluding carboxylic acids is 1. The van der Waals surface area contributed by atoms with Crippen molar-refractivity contribution in [2.75, 3.05) is 13.2 Å².